The lowest BCUT2D eigenvalue weighted by Crippen LogP contribution is -2.37. The number of ether oxygens (including phenoxy) is 1. The van der Waals surface area contributed by atoms with E-state index >= 15 is 0 Å². The molecule has 1 aliphatic heterocycles. The molecule has 1 heterocycles. The number of carbonyl (C=O) groups excluding carboxylic acids is 1. The van der Waals surface area contributed by atoms with Gasteiger partial charge in [-0.05, 0) is 56.2 Å². The van der Waals surface area contributed by atoms with Gasteiger partial charge in [0.15, 0.2) is 0 Å². The lowest BCUT2D eigenvalue weighted by Gasteiger charge is -2.22. The maximum Gasteiger partial charge on any atom is 0.253 e. The Balaban J connectivity index is 1.63. The highest BCUT2D eigenvalue weighted by atomic mass is 32.2. The minimum absolute atomic E-state index is 0.0790. The largest absolute Gasteiger partial charge is 0.494 e. The third kappa shape index (κ3) is 5.40. The molecule has 6 nitrogen and oxygen atoms in total. The van der Waals surface area contributed by atoms with Crippen molar-refractivity contribution in [1.29, 1.82) is 0 Å². The van der Waals surface area contributed by atoms with Gasteiger partial charge in [0.1, 0.15) is 5.75 Å². The van der Waals surface area contributed by atoms with Crippen molar-refractivity contribution in [3.05, 3.63) is 59.7 Å². The lowest BCUT2D eigenvalue weighted by molar-refractivity contribution is 0.0764. The van der Waals surface area contributed by atoms with Crippen LogP contribution in [0.3, 0.4) is 0 Å². The molecule has 0 radical (unpaired) electrons. The quantitative estimate of drug-likeness (QED) is 0.628. The zero-order valence-corrected chi connectivity index (χ0v) is 18.5. The minimum Gasteiger partial charge on any atom is -0.494 e. The normalized spacial score (nSPS) is 15.6. The number of benzene rings is 2. The minimum atomic E-state index is -3.55. The molecular formula is C23H30N2O4S. The van der Waals surface area contributed by atoms with Gasteiger partial charge in [0.25, 0.3) is 5.91 Å². The fraction of sp³-hybridized carbons (Fsp3) is 0.435. The van der Waals surface area contributed by atoms with Gasteiger partial charge in [-0.1, -0.05) is 31.0 Å². The summed E-state index contributed by atoms with van der Waals surface area (Å²) in [6.07, 6.45) is 2.67. The van der Waals surface area contributed by atoms with Gasteiger partial charge < -0.3 is 9.64 Å². The van der Waals surface area contributed by atoms with Crippen LogP contribution in [0.2, 0.25) is 0 Å². The van der Waals surface area contributed by atoms with E-state index in [1.54, 1.807) is 41.3 Å². The molecule has 1 aliphatic rings. The Morgan fingerprint density at radius 2 is 1.67 bits per heavy atom. The Bertz CT molecular complexity index is 940. The molecule has 1 saturated heterocycles. The van der Waals surface area contributed by atoms with E-state index in [-0.39, 0.29) is 5.91 Å². The van der Waals surface area contributed by atoms with E-state index in [9.17, 15) is 13.2 Å². The van der Waals surface area contributed by atoms with Crippen LogP contribution in [-0.4, -0.2) is 56.3 Å². The van der Waals surface area contributed by atoms with Gasteiger partial charge in [-0.15, -0.1) is 0 Å². The molecule has 7 heteroatoms. The first-order valence-corrected chi connectivity index (χ1v) is 11.9. The molecule has 1 fully saturated rings. The SMILES string of the molecule is CCCCOc1ccc(C(=O)N2CCCN(S(=O)(=O)c3ccc(C)cc3)CC2)cc1. The molecule has 162 valence electrons. The number of hydrogen-bond acceptors (Lipinski definition) is 4. The maximum atomic E-state index is 13.0. The predicted octanol–water partition coefficient (Wildman–Crippen LogP) is 3.71. The van der Waals surface area contributed by atoms with Crippen molar-refractivity contribution in [2.45, 2.75) is 38.0 Å². The molecule has 0 atom stereocenters. The van der Waals surface area contributed by atoms with Crippen LogP contribution in [0.5, 0.6) is 5.75 Å². The third-order valence-corrected chi connectivity index (χ3v) is 7.18. The summed E-state index contributed by atoms with van der Waals surface area (Å²) in [4.78, 5) is 14.9. The highest BCUT2D eigenvalue weighted by molar-refractivity contribution is 7.89. The van der Waals surface area contributed by atoms with Gasteiger partial charge >= 0.3 is 0 Å². The van der Waals surface area contributed by atoms with Crippen LogP contribution in [0.4, 0.5) is 0 Å². The summed E-state index contributed by atoms with van der Waals surface area (Å²) < 4.78 is 33.0. The van der Waals surface area contributed by atoms with Crippen LogP contribution < -0.4 is 4.74 Å². The number of aryl methyl sites for hydroxylation is 1. The Kier molecular flexibility index (Phi) is 7.50. The molecule has 3 rings (SSSR count). The van der Waals surface area contributed by atoms with E-state index in [1.165, 1.54) is 4.31 Å². The molecule has 30 heavy (non-hydrogen) atoms. The van der Waals surface area contributed by atoms with Crippen LogP contribution in [-0.2, 0) is 10.0 Å². The highest BCUT2D eigenvalue weighted by Crippen LogP contribution is 2.20. The zero-order chi connectivity index (χ0) is 21.6. The molecule has 0 spiro atoms. The average molecular weight is 431 g/mol. The summed E-state index contributed by atoms with van der Waals surface area (Å²) >= 11 is 0. The summed E-state index contributed by atoms with van der Waals surface area (Å²) in [6, 6.07) is 14.1. The highest BCUT2D eigenvalue weighted by Gasteiger charge is 2.28. The molecule has 2 aromatic carbocycles. The Hall–Kier alpha value is -2.38. The molecule has 2 aromatic rings. The number of rotatable bonds is 7. The topological polar surface area (TPSA) is 66.9 Å². The van der Waals surface area contributed by atoms with E-state index in [1.807, 2.05) is 19.1 Å². The van der Waals surface area contributed by atoms with Crippen LogP contribution >= 0.6 is 0 Å². The van der Waals surface area contributed by atoms with Gasteiger partial charge in [-0.3, -0.25) is 4.79 Å². The number of sulfonamides is 1. The van der Waals surface area contributed by atoms with Crippen LogP contribution in [0.15, 0.2) is 53.4 Å². The molecule has 0 unspecified atom stereocenters. The van der Waals surface area contributed by atoms with Crippen molar-refractivity contribution in [2.24, 2.45) is 0 Å². The lowest BCUT2D eigenvalue weighted by atomic mass is 10.2. The molecule has 0 N–H and O–H groups in total. The number of unbranched alkanes of at least 4 members (excludes halogenated alkanes) is 1. The summed E-state index contributed by atoms with van der Waals surface area (Å²) in [5.74, 6) is 0.677. The summed E-state index contributed by atoms with van der Waals surface area (Å²) in [5.41, 5.74) is 1.61. The predicted molar refractivity (Wildman–Crippen MR) is 117 cm³/mol. The van der Waals surface area contributed by atoms with Crippen LogP contribution in [0.1, 0.15) is 42.1 Å². The second kappa shape index (κ2) is 10.1. The fourth-order valence-corrected chi connectivity index (χ4v) is 4.88. The van der Waals surface area contributed by atoms with E-state index in [0.717, 1.165) is 24.2 Å². The van der Waals surface area contributed by atoms with Gasteiger partial charge in [0.2, 0.25) is 10.0 Å². The smallest absolute Gasteiger partial charge is 0.253 e. The molecule has 0 aromatic heterocycles. The molecule has 0 aliphatic carbocycles. The second-order valence-electron chi connectivity index (χ2n) is 7.59. The van der Waals surface area contributed by atoms with Crippen molar-refractivity contribution >= 4 is 15.9 Å². The Morgan fingerprint density at radius 1 is 0.967 bits per heavy atom. The third-order valence-electron chi connectivity index (χ3n) is 5.27. The average Bonchev–Trinajstić information content (AvgIpc) is 3.01. The zero-order valence-electron chi connectivity index (χ0n) is 17.7. The Morgan fingerprint density at radius 3 is 2.33 bits per heavy atom. The van der Waals surface area contributed by atoms with Gasteiger partial charge in [-0.25, -0.2) is 8.42 Å². The molecule has 0 saturated carbocycles. The summed E-state index contributed by atoms with van der Waals surface area (Å²) in [5, 5.41) is 0. The maximum absolute atomic E-state index is 13.0. The standard InChI is InChI=1S/C23H30N2O4S/c1-3-4-18-29-21-10-8-20(9-11-21)23(26)24-14-5-15-25(17-16-24)30(27,28)22-12-6-19(2)7-13-22/h6-13H,3-5,14-18H2,1-2H3. The van der Waals surface area contributed by atoms with Gasteiger partial charge in [0, 0.05) is 31.7 Å². The van der Waals surface area contributed by atoms with E-state index in [2.05, 4.69) is 6.92 Å². The molecule has 1 amide bonds. The van der Waals surface area contributed by atoms with E-state index in [0.29, 0.717) is 49.7 Å². The monoisotopic (exact) mass is 430 g/mol. The number of hydrogen-bond donors (Lipinski definition) is 0. The molecular weight excluding hydrogens is 400 g/mol. The van der Waals surface area contributed by atoms with Crippen LogP contribution in [0.25, 0.3) is 0 Å². The van der Waals surface area contributed by atoms with Gasteiger partial charge in [-0.2, -0.15) is 4.31 Å². The Labute approximate surface area is 179 Å². The number of amides is 1. The summed E-state index contributed by atoms with van der Waals surface area (Å²) in [6.45, 7) is 6.31. The van der Waals surface area contributed by atoms with Crippen molar-refractivity contribution in [2.75, 3.05) is 32.8 Å². The summed E-state index contributed by atoms with van der Waals surface area (Å²) in [7, 11) is -3.55. The first kappa shape index (κ1) is 22.3. The number of nitrogens with zero attached hydrogens (tertiary/aromatic N) is 2. The van der Waals surface area contributed by atoms with Crippen molar-refractivity contribution in [1.82, 2.24) is 9.21 Å². The number of carbonyl (C=O) groups is 1. The van der Waals surface area contributed by atoms with Gasteiger partial charge in [0.05, 0.1) is 11.5 Å². The van der Waals surface area contributed by atoms with E-state index < -0.39 is 10.0 Å². The first-order valence-electron chi connectivity index (χ1n) is 10.5. The van der Waals surface area contributed by atoms with Crippen molar-refractivity contribution in [3.8, 4) is 5.75 Å². The van der Waals surface area contributed by atoms with Crippen molar-refractivity contribution < 1.29 is 17.9 Å². The fourth-order valence-electron chi connectivity index (χ4n) is 3.41. The second-order valence-corrected chi connectivity index (χ2v) is 9.53. The van der Waals surface area contributed by atoms with Crippen LogP contribution in [0, 0.1) is 6.92 Å². The van der Waals surface area contributed by atoms with Crippen molar-refractivity contribution in [3.63, 3.8) is 0 Å². The van der Waals surface area contributed by atoms with E-state index in [4.69, 9.17) is 4.74 Å². The molecule has 0 bridgehead atoms. The first-order chi connectivity index (χ1) is 14.4.